The number of benzene rings is 1. The molecule has 0 radical (unpaired) electrons. The number of hydrogen-bond acceptors (Lipinski definition) is 4. The van der Waals surface area contributed by atoms with Gasteiger partial charge in [0.05, 0.1) is 19.3 Å². The average molecular weight is 349 g/mol. The zero-order valence-electron chi connectivity index (χ0n) is 15.1. The number of urea groups is 1. The lowest BCUT2D eigenvalue weighted by Gasteiger charge is -2.18. The average Bonchev–Trinajstić information content (AvgIpc) is 2.94. The van der Waals surface area contributed by atoms with Gasteiger partial charge in [-0.3, -0.25) is 4.79 Å². The molecule has 1 atom stereocenters. The molecule has 2 rings (SSSR count). The van der Waals surface area contributed by atoms with Crippen molar-refractivity contribution in [3.63, 3.8) is 0 Å². The molecule has 3 amide bonds. The van der Waals surface area contributed by atoms with E-state index in [9.17, 15) is 9.59 Å². The molecule has 2 N–H and O–H groups in total. The number of amides is 3. The highest BCUT2D eigenvalue weighted by Gasteiger charge is 2.31. The molecule has 0 saturated carbocycles. The Morgan fingerprint density at radius 2 is 2.04 bits per heavy atom. The van der Waals surface area contributed by atoms with Crippen molar-refractivity contribution in [2.24, 2.45) is 0 Å². The van der Waals surface area contributed by atoms with Crippen LogP contribution < -0.4 is 20.3 Å². The topological polar surface area (TPSA) is 79.9 Å². The molecule has 0 unspecified atom stereocenters. The fourth-order valence-electron chi connectivity index (χ4n) is 2.65. The van der Waals surface area contributed by atoms with E-state index in [0.717, 1.165) is 17.9 Å². The van der Waals surface area contributed by atoms with Crippen molar-refractivity contribution in [3.8, 4) is 5.75 Å². The monoisotopic (exact) mass is 349 g/mol. The van der Waals surface area contributed by atoms with Crippen LogP contribution in [-0.4, -0.2) is 50.9 Å². The van der Waals surface area contributed by atoms with Crippen LogP contribution in [0.4, 0.5) is 10.5 Å². The minimum atomic E-state index is -0.251. The molecule has 1 saturated heterocycles. The van der Waals surface area contributed by atoms with Crippen LogP contribution in [-0.2, 0) is 9.53 Å². The highest BCUT2D eigenvalue weighted by atomic mass is 16.5. The summed E-state index contributed by atoms with van der Waals surface area (Å²) in [5, 5.41) is 5.64. The van der Waals surface area contributed by atoms with Gasteiger partial charge >= 0.3 is 6.03 Å². The molecule has 1 aromatic carbocycles. The summed E-state index contributed by atoms with van der Waals surface area (Å²) in [6.45, 7) is 5.58. The van der Waals surface area contributed by atoms with E-state index < -0.39 is 0 Å². The second-order valence-electron chi connectivity index (χ2n) is 6.28. The first kappa shape index (κ1) is 19.1. The van der Waals surface area contributed by atoms with Crippen molar-refractivity contribution >= 4 is 17.6 Å². The molecule has 0 aromatic heterocycles. The fourth-order valence-corrected chi connectivity index (χ4v) is 2.65. The smallest absolute Gasteiger partial charge is 0.315 e. The zero-order chi connectivity index (χ0) is 18.2. The van der Waals surface area contributed by atoms with Gasteiger partial charge in [-0.05, 0) is 44.5 Å². The standard InChI is InChI=1S/C18H27N3O4/c1-13(2)25-10-4-9-19-18(23)20-14-11-17(22)21(12-14)15-5-7-16(24-3)8-6-15/h5-8,13-14H,4,9-12H2,1-3H3,(H2,19,20,23)/t14-/m1/s1. The van der Waals surface area contributed by atoms with Crippen molar-refractivity contribution in [2.75, 3.05) is 31.7 Å². The Morgan fingerprint density at radius 1 is 1.32 bits per heavy atom. The lowest BCUT2D eigenvalue weighted by atomic mass is 10.2. The summed E-state index contributed by atoms with van der Waals surface area (Å²) < 4.78 is 10.5. The molecule has 7 nitrogen and oxygen atoms in total. The fraction of sp³-hybridized carbons (Fsp3) is 0.556. The first-order chi connectivity index (χ1) is 12.0. The Labute approximate surface area is 148 Å². The van der Waals surface area contributed by atoms with Crippen LogP contribution in [0, 0.1) is 0 Å². The summed E-state index contributed by atoms with van der Waals surface area (Å²) in [5.74, 6) is 0.742. The molecule has 1 aliphatic heterocycles. The van der Waals surface area contributed by atoms with Crippen LogP contribution >= 0.6 is 0 Å². The van der Waals surface area contributed by atoms with Gasteiger partial charge in [0.1, 0.15) is 5.75 Å². The summed E-state index contributed by atoms with van der Waals surface area (Å²) in [5.41, 5.74) is 0.807. The number of anilines is 1. The first-order valence-corrected chi connectivity index (χ1v) is 8.60. The van der Waals surface area contributed by atoms with Crippen LogP contribution in [0.5, 0.6) is 5.75 Å². The maximum atomic E-state index is 12.2. The molecular weight excluding hydrogens is 322 g/mol. The Bertz CT molecular complexity index is 574. The van der Waals surface area contributed by atoms with E-state index >= 15 is 0 Å². The number of methoxy groups -OCH3 is 1. The summed E-state index contributed by atoms with van der Waals surface area (Å²) >= 11 is 0. The van der Waals surface area contributed by atoms with Gasteiger partial charge in [0.2, 0.25) is 5.91 Å². The number of ether oxygens (including phenoxy) is 2. The van der Waals surface area contributed by atoms with Gasteiger partial charge in [-0.25, -0.2) is 4.79 Å². The molecule has 7 heteroatoms. The number of carbonyl (C=O) groups is 2. The van der Waals surface area contributed by atoms with E-state index in [1.54, 1.807) is 12.0 Å². The lowest BCUT2D eigenvalue weighted by molar-refractivity contribution is -0.117. The zero-order valence-corrected chi connectivity index (χ0v) is 15.1. The Hall–Kier alpha value is -2.28. The van der Waals surface area contributed by atoms with Crippen LogP contribution in [0.2, 0.25) is 0 Å². The second kappa shape index (κ2) is 9.27. The number of nitrogens with one attached hydrogen (secondary N) is 2. The van der Waals surface area contributed by atoms with Gasteiger partial charge in [0, 0.05) is 31.8 Å². The van der Waals surface area contributed by atoms with E-state index in [-0.39, 0.29) is 24.1 Å². The Balaban J connectivity index is 1.74. The first-order valence-electron chi connectivity index (χ1n) is 8.60. The van der Waals surface area contributed by atoms with Crippen molar-refractivity contribution in [1.82, 2.24) is 10.6 Å². The van der Waals surface area contributed by atoms with E-state index in [0.29, 0.717) is 26.1 Å². The van der Waals surface area contributed by atoms with Crippen LogP contribution in [0.25, 0.3) is 0 Å². The van der Waals surface area contributed by atoms with Crippen molar-refractivity contribution in [2.45, 2.75) is 38.8 Å². The third-order valence-corrected chi connectivity index (χ3v) is 3.90. The number of hydrogen-bond donors (Lipinski definition) is 2. The van der Waals surface area contributed by atoms with Crippen molar-refractivity contribution in [3.05, 3.63) is 24.3 Å². The van der Waals surface area contributed by atoms with E-state index in [2.05, 4.69) is 10.6 Å². The van der Waals surface area contributed by atoms with Gasteiger partial charge in [0.15, 0.2) is 0 Å². The molecule has 0 aliphatic carbocycles. The molecule has 138 valence electrons. The lowest BCUT2D eigenvalue weighted by Crippen LogP contribution is -2.43. The molecule has 0 bridgehead atoms. The van der Waals surface area contributed by atoms with Gasteiger partial charge < -0.3 is 25.0 Å². The second-order valence-corrected chi connectivity index (χ2v) is 6.28. The molecule has 1 aromatic rings. The third-order valence-electron chi connectivity index (χ3n) is 3.90. The largest absolute Gasteiger partial charge is 0.497 e. The molecular formula is C18H27N3O4. The van der Waals surface area contributed by atoms with E-state index in [4.69, 9.17) is 9.47 Å². The highest BCUT2D eigenvalue weighted by Crippen LogP contribution is 2.24. The Morgan fingerprint density at radius 3 is 2.68 bits per heavy atom. The van der Waals surface area contributed by atoms with E-state index in [1.807, 2.05) is 38.1 Å². The SMILES string of the molecule is COc1ccc(N2C[C@H](NC(=O)NCCCOC(C)C)CC2=O)cc1. The van der Waals surface area contributed by atoms with E-state index in [1.165, 1.54) is 0 Å². The molecule has 0 spiro atoms. The quantitative estimate of drug-likeness (QED) is 0.703. The van der Waals surface area contributed by atoms with Crippen LogP contribution in [0.15, 0.2) is 24.3 Å². The van der Waals surface area contributed by atoms with Crippen molar-refractivity contribution in [1.29, 1.82) is 0 Å². The maximum Gasteiger partial charge on any atom is 0.315 e. The minimum absolute atomic E-state index is 0.000741. The number of nitrogens with zero attached hydrogens (tertiary/aromatic N) is 1. The van der Waals surface area contributed by atoms with Crippen molar-refractivity contribution < 1.29 is 19.1 Å². The van der Waals surface area contributed by atoms with Crippen LogP contribution in [0.1, 0.15) is 26.7 Å². The molecule has 1 aliphatic rings. The summed E-state index contributed by atoms with van der Waals surface area (Å²) in [7, 11) is 1.60. The van der Waals surface area contributed by atoms with Gasteiger partial charge in [-0.1, -0.05) is 0 Å². The van der Waals surface area contributed by atoms with Gasteiger partial charge in [0.25, 0.3) is 0 Å². The number of rotatable bonds is 8. The predicted molar refractivity (Wildman–Crippen MR) is 96.0 cm³/mol. The highest BCUT2D eigenvalue weighted by molar-refractivity contribution is 5.96. The normalized spacial score (nSPS) is 17.0. The minimum Gasteiger partial charge on any atom is -0.497 e. The van der Waals surface area contributed by atoms with Gasteiger partial charge in [-0.2, -0.15) is 0 Å². The Kier molecular flexibility index (Phi) is 7.06. The predicted octanol–water partition coefficient (Wildman–Crippen LogP) is 1.91. The molecule has 1 heterocycles. The summed E-state index contributed by atoms with van der Waals surface area (Å²) in [6, 6.07) is 6.87. The van der Waals surface area contributed by atoms with Gasteiger partial charge in [-0.15, -0.1) is 0 Å². The summed E-state index contributed by atoms with van der Waals surface area (Å²) in [6.07, 6.45) is 1.26. The molecule has 1 fully saturated rings. The number of carbonyl (C=O) groups excluding carboxylic acids is 2. The third kappa shape index (κ3) is 5.94. The van der Waals surface area contributed by atoms with Crippen LogP contribution in [0.3, 0.4) is 0 Å². The maximum absolute atomic E-state index is 12.2. The molecule has 25 heavy (non-hydrogen) atoms. The summed E-state index contributed by atoms with van der Waals surface area (Å²) in [4.78, 5) is 25.8.